The first-order valence-electron chi connectivity index (χ1n) is 7.83. The Labute approximate surface area is 150 Å². The number of fused-ring (bicyclic) bond motifs is 1. The number of imidazole rings is 1. The molecule has 3 aromatic rings. The maximum absolute atomic E-state index is 11.9. The second-order valence-electron chi connectivity index (χ2n) is 5.44. The van der Waals surface area contributed by atoms with Gasteiger partial charge in [0.25, 0.3) is 5.91 Å². The van der Waals surface area contributed by atoms with Gasteiger partial charge in [0.2, 0.25) is 0 Å². The minimum atomic E-state index is -0.172. The molecule has 6 heteroatoms. The Morgan fingerprint density at radius 3 is 2.76 bits per heavy atom. The van der Waals surface area contributed by atoms with E-state index >= 15 is 0 Å². The number of thioether (sulfide) groups is 1. The van der Waals surface area contributed by atoms with Crippen LogP contribution in [0.15, 0.2) is 70.4 Å². The van der Waals surface area contributed by atoms with E-state index in [0.717, 1.165) is 27.3 Å². The number of allylic oxidation sites excluding steroid dienone is 1. The summed E-state index contributed by atoms with van der Waals surface area (Å²) in [5.74, 6) is 0.0766. The van der Waals surface area contributed by atoms with Crippen molar-refractivity contribution in [2.75, 3.05) is 5.75 Å². The maximum Gasteiger partial charge on any atom is 0.250 e. The van der Waals surface area contributed by atoms with Crippen molar-refractivity contribution >= 4 is 41.0 Å². The van der Waals surface area contributed by atoms with E-state index < -0.39 is 0 Å². The van der Waals surface area contributed by atoms with Crippen molar-refractivity contribution in [2.24, 2.45) is 5.10 Å². The SMILES string of the molecule is CC(=C/c1ccccc1)/C=N/NC(=O)CSc1nc2ccccc2[nH]1. The fourth-order valence-corrected chi connectivity index (χ4v) is 2.90. The van der Waals surface area contributed by atoms with Crippen LogP contribution >= 0.6 is 11.8 Å². The predicted molar refractivity (Wildman–Crippen MR) is 104 cm³/mol. The first-order valence-corrected chi connectivity index (χ1v) is 8.82. The minimum absolute atomic E-state index is 0.172. The van der Waals surface area contributed by atoms with Crippen molar-refractivity contribution in [3.8, 4) is 0 Å². The molecule has 2 aromatic carbocycles. The number of aromatic nitrogens is 2. The van der Waals surface area contributed by atoms with Crippen molar-refractivity contribution in [2.45, 2.75) is 12.1 Å². The summed E-state index contributed by atoms with van der Waals surface area (Å²) in [6, 6.07) is 17.7. The number of hydrogen-bond donors (Lipinski definition) is 2. The van der Waals surface area contributed by atoms with Crippen LogP contribution in [-0.2, 0) is 4.79 Å². The molecule has 2 N–H and O–H groups in total. The van der Waals surface area contributed by atoms with Crippen LogP contribution in [0.5, 0.6) is 0 Å². The standard InChI is InChI=1S/C19H18N4OS/c1-14(11-15-7-3-2-4-8-15)12-20-23-18(24)13-25-19-21-16-9-5-6-10-17(16)22-19/h2-12H,13H2,1H3,(H,21,22)(H,23,24)/b14-11-,20-12+. The summed E-state index contributed by atoms with van der Waals surface area (Å²) in [5, 5.41) is 4.71. The zero-order valence-electron chi connectivity index (χ0n) is 13.8. The molecule has 1 amide bonds. The molecular weight excluding hydrogens is 332 g/mol. The van der Waals surface area contributed by atoms with E-state index in [1.807, 2.05) is 67.6 Å². The summed E-state index contributed by atoms with van der Waals surface area (Å²) in [4.78, 5) is 19.5. The number of nitrogens with one attached hydrogen (secondary N) is 2. The Hall–Kier alpha value is -2.86. The van der Waals surface area contributed by atoms with Gasteiger partial charge in [-0.2, -0.15) is 5.10 Å². The number of aromatic amines is 1. The third-order valence-electron chi connectivity index (χ3n) is 3.36. The van der Waals surface area contributed by atoms with Crippen LogP contribution in [0, 0.1) is 0 Å². The van der Waals surface area contributed by atoms with Crippen molar-refractivity contribution in [1.82, 2.24) is 15.4 Å². The van der Waals surface area contributed by atoms with Crippen LogP contribution in [0.2, 0.25) is 0 Å². The largest absolute Gasteiger partial charge is 0.333 e. The molecule has 1 aromatic heterocycles. The van der Waals surface area contributed by atoms with Crippen LogP contribution in [0.4, 0.5) is 0 Å². The normalized spacial score (nSPS) is 12.0. The number of para-hydroxylation sites is 2. The number of benzene rings is 2. The number of rotatable bonds is 6. The Morgan fingerprint density at radius 2 is 1.96 bits per heavy atom. The molecule has 5 nitrogen and oxygen atoms in total. The van der Waals surface area contributed by atoms with E-state index in [0.29, 0.717) is 0 Å². The van der Waals surface area contributed by atoms with E-state index in [9.17, 15) is 4.79 Å². The molecule has 0 unspecified atom stereocenters. The highest BCUT2D eigenvalue weighted by Gasteiger charge is 2.06. The van der Waals surface area contributed by atoms with Gasteiger partial charge >= 0.3 is 0 Å². The summed E-state index contributed by atoms with van der Waals surface area (Å²) >= 11 is 1.35. The average molecular weight is 350 g/mol. The van der Waals surface area contributed by atoms with Gasteiger partial charge in [0.05, 0.1) is 23.0 Å². The summed E-state index contributed by atoms with van der Waals surface area (Å²) in [5.41, 5.74) is 6.44. The number of nitrogens with zero attached hydrogens (tertiary/aromatic N) is 2. The molecule has 25 heavy (non-hydrogen) atoms. The monoisotopic (exact) mass is 350 g/mol. The Morgan fingerprint density at radius 1 is 1.20 bits per heavy atom. The average Bonchev–Trinajstić information content (AvgIpc) is 3.04. The van der Waals surface area contributed by atoms with Gasteiger partial charge < -0.3 is 4.98 Å². The maximum atomic E-state index is 11.9. The van der Waals surface area contributed by atoms with Crippen molar-refractivity contribution in [3.05, 3.63) is 65.7 Å². The van der Waals surface area contributed by atoms with Gasteiger partial charge in [-0.05, 0) is 30.2 Å². The van der Waals surface area contributed by atoms with Gasteiger partial charge in [-0.1, -0.05) is 60.3 Å². The molecule has 0 aliphatic heterocycles. The lowest BCUT2D eigenvalue weighted by atomic mass is 10.1. The lowest BCUT2D eigenvalue weighted by Crippen LogP contribution is -2.19. The van der Waals surface area contributed by atoms with Gasteiger partial charge in [-0.25, -0.2) is 10.4 Å². The highest BCUT2D eigenvalue weighted by molar-refractivity contribution is 7.99. The third-order valence-corrected chi connectivity index (χ3v) is 4.23. The minimum Gasteiger partial charge on any atom is -0.333 e. The van der Waals surface area contributed by atoms with E-state index in [2.05, 4.69) is 20.5 Å². The number of H-pyrrole nitrogens is 1. The molecule has 0 aliphatic rings. The highest BCUT2D eigenvalue weighted by atomic mass is 32.2. The van der Waals surface area contributed by atoms with Crippen LogP contribution in [0.25, 0.3) is 17.1 Å². The van der Waals surface area contributed by atoms with Crippen molar-refractivity contribution in [3.63, 3.8) is 0 Å². The molecule has 0 atom stereocenters. The third kappa shape index (κ3) is 5.06. The number of hydrogen-bond acceptors (Lipinski definition) is 4. The van der Waals surface area contributed by atoms with Gasteiger partial charge in [-0.15, -0.1) is 0 Å². The molecule has 0 aliphatic carbocycles. The molecule has 3 rings (SSSR count). The van der Waals surface area contributed by atoms with E-state index in [4.69, 9.17) is 0 Å². The van der Waals surface area contributed by atoms with E-state index in [-0.39, 0.29) is 11.7 Å². The quantitative estimate of drug-likeness (QED) is 0.403. The summed E-state index contributed by atoms with van der Waals surface area (Å²) in [7, 11) is 0. The first kappa shape index (κ1) is 17.0. The highest BCUT2D eigenvalue weighted by Crippen LogP contribution is 2.18. The predicted octanol–water partition coefficient (Wildman–Crippen LogP) is 3.86. The molecule has 0 radical (unpaired) electrons. The zero-order valence-corrected chi connectivity index (χ0v) is 14.6. The smallest absolute Gasteiger partial charge is 0.250 e. The molecular formula is C19H18N4OS. The summed E-state index contributed by atoms with van der Waals surface area (Å²) in [6.45, 7) is 1.94. The topological polar surface area (TPSA) is 70.1 Å². The molecule has 126 valence electrons. The van der Waals surface area contributed by atoms with Crippen molar-refractivity contribution in [1.29, 1.82) is 0 Å². The molecule has 0 saturated heterocycles. The van der Waals surface area contributed by atoms with E-state index in [1.54, 1.807) is 6.21 Å². The molecule has 0 saturated carbocycles. The number of carbonyl (C=O) groups excluding carboxylic acids is 1. The van der Waals surface area contributed by atoms with Gasteiger partial charge in [-0.3, -0.25) is 4.79 Å². The van der Waals surface area contributed by atoms with Crippen LogP contribution < -0.4 is 5.43 Å². The second kappa shape index (κ2) is 8.30. The van der Waals surface area contributed by atoms with E-state index in [1.165, 1.54) is 11.8 Å². The second-order valence-corrected chi connectivity index (χ2v) is 6.40. The number of amides is 1. The summed E-state index contributed by atoms with van der Waals surface area (Å²) in [6.07, 6.45) is 3.63. The zero-order chi connectivity index (χ0) is 17.5. The van der Waals surface area contributed by atoms with Crippen molar-refractivity contribution < 1.29 is 4.79 Å². The molecule has 1 heterocycles. The lowest BCUT2D eigenvalue weighted by molar-refractivity contribution is -0.118. The Balaban J connectivity index is 1.48. The number of carbonyl (C=O) groups is 1. The van der Waals surface area contributed by atoms with Gasteiger partial charge in [0.1, 0.15) is 0 Å². The van der Waals surface area contributed by atoms with Crippen LogP contribution in [0.3, 0.4) is 0 Å². The first-order chi connectivity index (χ1) is 12.2. The molecule has 0 spiro atoms. The Bertz CT molecular complexity index is 882. The lowest BCUT2D eigenvalue weighted by Gasteiger charge is -1.98. The Kier molecular flexibility index (Phi) is 5.64. The van der Waals surface area contributed by atoms with Gasteiger partial charge in [0, 0.05) is 0 Å². The summed E-state index contributed by atoms with van der Waals surface area (Å²) < 4.78 is 0. The fraction of sp³-hybridized carbons (Fsp3) is 0.105. The van der Waals surface area contributed by atoms with Crippen LogP contribution in [0.1, 0.15) is 12.5 Å². The molecule has 0 bridgehead atoms. The van der Waals surface area contributed by atoms with Crippen LogP contribution in [-0.4, -0.2) is 27.8 Å². The molecule has 0 fully saturated rings. The fourth-order valence-electron chi connectivity index (χ4n) is 2.22. The van der Waals surface area contributed by atoms with Gasteiger partial charge in [0.15, 0.2) is 5.16 Å². The number of hydrazone groups is 1.